The van der Waals surface area contributed by atoms with E-state index in [2.05, 4.69) is 20.7 Å². The lowest BCUT2D eigenvalue weighted by Gasteiger charge is -2.27. The van der Waals surface area contributed by atoms with Crippen LogP contribution in [0.5, 0.6) is 0 Å². The smallest absolute Gasteiger partial charge is 0.409 e. The molecule has 1 saturated carbocycles. The SMILES string of the molecule is CCCC(F)OC(=O)N[C@H]1[C@@H](CNC(C)=O)[C@H](NC(=O)OCc2ccccc2)C[C@@H]1C(=O)O. The van der Waals surface area contributed by atoms with Crippen molar-refractivity contribution in [2.24, 2.45) is 11.8 Å². The fourth-order valence-electron chi connectivity index (χ4n) is 3.79. The van der Waals surface area contributed by atoms with Crippen molar-refractivity contribution < 1.29 is 38.1 Å². The average Bonchev–Trinajstić information content (AvgIpc) is 3.08. The van der Waals surface area contributed by atoms with Gasteiger partial charge >= 0.3 is 18.2 Å². The van der Waals surface area contributed by atoms with E-state index in [0.717, 1.165) is 5.56 Å². The minimum atomic E-state index is -1.82. The van der Waals surface area contributed by atoms with E-state index < -0.39 is 48.4 Å². The third kappa shape index (κ3) is 8.24. The Kier molecular flexibility index (Phi) is 9.89. The fourth-order valence-corrected chi connectivity index (χ4v) is 3.79. The van der Waals surface area contributed by atoms with Gasteiger partial charge in [-0.05, 0) is 18.4 Å². The van der Waals surface area contributed by atoms with E-state index in [-0.39, 0.29) is 31.9 Å². The monoisotopic (exact) mass is 467 g/mol. The molecular weight excluding hydrogens is 437 g/mol. The molecular formula is C22H30FN3O7. The first kappa shape index (κ1) is 25.9. The van der Waals surface area contributed by atoms with Crippen molar-refractivity contribution in [2.75, 3.05) is 6.54 Å². The van der Waals surface area contributed by atoms with Crippen LogP contribution in [0.25, 0.3) is 0 Å². The second kappa shape index (κ2) is 12.6. The molecule has 0 bridgehead atoms. The van der Waals surface area contributed by atoms with E-state index >= 15 is 0 Å². The Morgan fingerprint density at radius 1 is 1.15 bits per heavy atom. The first-order valence-corrected chi connectivity index (χ1v) is 10.8. The molecule has 182 valence electrons. The molecule has 33 heavy (non-hydrogen) atoms. The molecule has 1 aromatic rings. The number of carboxylic acids is 1. The van der Waals surface area contributed by atoms with Crippen LogP contribution in [0.2, 0.25) is 0 Å². The number of carbonyl (C=O) groups excluding carboxylic acids is 3. The quantitative estimate of drug-likeness (QED) is 0.413. The number of amides is 3. The Balaban J connectivity index is 2.09. The lowest BCUT2D eigenvalue weighted by molar-refractivity contribution is -0.142. The van der Waals surface area contributed by atoms with E-state index in [4.69, 9.17) is 4.74 Å². The molecule has 2 rings (SSSR count). The van der Waals surface area contributed by atoms with Gasteiger partial charge in [-0.2, -0.15) is 0 Å². The molecule has 0 saturated heterocycles. The van der Waals surface area contributed by atoms with Gasteiger partial charge in [-0.1, -0.05) is 37.3 Å². The molecule has 1 aromatic carbocycles. The summed E-state index contributed by atoms with van der Waals surface area (Å²) in [6.45, 7) is 3.00. The lowest BCUT2D eigenvalue weighted by atomic mass is 9.96. The normalized spacial score (nSPS) is 22.6. The standard InChI is InChI=1S/C22H30FN3O7/c1-3-7-18(23)33-22(31)26-19-15(20(28)29)10-17(16(19)11-24-13(2)27)25-21(30)32-12-14-8-5-4-6-9-14/h4-6,8-9,15-19H,3,7,10-12H2,1-2H3,(H,24,27)(H,25,30)(H,26,31)(H,28,29)/t15-,16-,17+,18?,19+/m0/s1. The minimum Gasteiger partial charge on any atom is -0.481 e. The highest BCUT2D eigenvalue weighted by Crippen LogP contribution is 2.32. The van der Waals surface area contributed by atoms with Crippen LogP contribution in [0.4, 0.5) is 14.0 Å². The van der Waals surface area contributed by atoms with E-state index in [1.807, 2.05) is 6.07 Å². The highest BCUT2D eigenvalue weighted by molar-refractivity contribution is 5.76. The van der Waals surface area contributed by atoms with Gasteiger partial charge in [0.05, 0.1) is 12.0 Å². The fraction of sp³-hybridized carbons (Fsp3) is 0.545. The van der Waals surface area contributed by atoms with Gasteiger partial charge < -0.3 is 30.5 Å². The first-order chi connectivity index (χ1) is 15.7. The number of carbonyl (C=O) groups is 4. The van der Waals surface area contributed by atoms with Gasteiger partial charge in [0.25, 0.3) is 0 Å². The van der Waals surface area contributed by atoms with Gasteiger partial charge in [-0.15, -0.1) is 0 Å². The first-order valence-electron chi connectivity index (χ1n) is 10.8. The third-order valence-corrected chi connectivity index (χ3v) is 5.37. The predicted molar refractivity (Wildman–Crippen MR) is 115 cm³/mol. The highest BCUT2D eigenvalue weighted by Gasteiger charge is 2.48. The molecule has 1 aliphatic carbocycles. The Morgan fingerprint density at radius 2 is 1.85 bits per heavy atom. The summed E-state index contributed by atoms with van der Waals surface area (Å²) in [6.07, 6.45) is -3.26. The number of benzene rings is 1. The molecule has 5 atom stereocenters. The number of halogens is 1. The number of nitrogens with one attached hydrogen (secondary N) is 3. The van der Waals surface area contributed by atoms with Crippen LogP contribution in [0.3, 0.4) is 0 Å². The van der Waals surface area contributed by atoms with Crippen molar-refractivity contribution in [1.29, 1.82) is 0 Å². The number of hydrogen-bond donors (Lipinski definition) is 4. The van der Waals surface area contributed by atoms with E-state index in [9.17, 15) is 28.7 Å². The number of rotatable bonds is 10. The summed E-state index contributed by atoms with van der Waals surface area (Å²) in [5.41, 5.74) is 0.771. The van der Waals surface area contributed by atoms with Crippen LogP contribution in [0.1, 0.15) is 38.7 Å². The Morgan fingerprint density at radius 3 is 2.45 bits per heavy atom. The van der Waals surface area contributed by atoms with Gasteiger partial charge in [0.2, 0.25) is 12.3 Å². The van der Waals surface area contributed by atoms with Crippen LogP contribution in [-0.2, 0) is 25.7 Å². The Hall–Kier alpha value is -3.37. The summed E-state index contributed by atoms with van der Waals surface area (Å²) >= 11 is 0. The molecule has 0 aliphatic heterocycles. The Labute approximate surface area is 191 Å². The van der Waals surface area contributed by atoms with Crippen molar-refractivity contribution in [3.05, 3.63) is 35.9 Å². The molecule has 0 aromatic heterocycles. The van der Waals surface area contributed by atoms with Crippen LogP contribution < -0.4 is 16.0 Å². The van der Waals surface area contributed by atoms with Gasteiger partial charge in [0.15, 0.2) is 0 Å². The molecule has 1 aliphatic rings. The van der Waals surface area contributed by atoms with Crippen molar-refractivity contribution in [2.45, 2.75) is 58.2 Å². The van der Waals surface area contributed by atoms with Gasteiger partial charge in [0, 0.05) is 31.8 Å². The zero-order valence-corrected chi connectivity index (χ0v) is 18.6. The van der Waals surface area contributed by atoms with Crippen LogP contribution in [0.15, 0.2) is 30.3 Å². The number of alkyl halides is 1. The maximum atomic E-state index is 13.7. The maximum absolute atomic E-state index is 13.7. The summed E-state index contributed by atoms with van der Waals surface area (Å²) in [7, 11) is 0. The topological polar surface area (TPSA) is 143 Å². The number of aliphatic carboxylic acids is 1. The van der Waals surface area contributed by atoms with Crippen LogP contribution in [0, 0.1) is 11.8 Å². The van der Waals surface area contributed by atoms with E-state index in [0.29, 0.717) is 6.42 Å². The number of alkyl carbamates (subject to hydrolysis) is 2. The molecule has 1 unspecified atom stereocenters. The van der Waals surface area contributed by atoms with Crippen LogP contribution in [-0.4, -0.2) is 54.2 Å². The van der Waals surface area contributed by atoms with Crippen LogP contribution >= 0.6 is 0 Å². The largest absolute Gasteiger partial charge is 0.481 e. The summed E-state index contributed by atoms with van der Waals surface area (Å²) in [5.74, 6) is -3.37. The number of hydrogen-bond acceptors (Lipinski definition) is 6. The zero-order valence-electron chi connectivity index (χ0n) is 18.6. The second-order valence-electron chi connectivity index (χ2n) is 7.87. The third-order valence-electron chi connectivity index (χ3n) is 5.37. The van der Waals surface area contributed by atoms with E-state index in [1.54, 1.807) is 31.2 Å². The van der Waals surface area contributed by atoms with Crippen molar-refractivity contribution in [3.8, 4) is 0 Å². The molecule has 0 radical (unpaired) electrons. The number of carboxylic acid groups (broad SMARTS) is 1. The molecule has 0 heterocycles. The second-order valence-corrected chi connectivity index (χ2v) is 7.87. The molecule has 11 heteroatoms. The average molecular weight is 467 g/mol. The van der Waals surface area contributed by atoms with Gasteiger partial charge in [-0.3, -0.25) is 9.59 Å². The molecule has 3 amide bonds. The zero-order chi connectivity index (χ0) is 24.4. The molecule has 4 N–H and O–H groups in total. The summed E-state index contributed by atoms with van der Waals surface area (Å²) in [6, 6.07) is 7.24. The highest BCUT2D eigenvalue weighted by atomic mass is 19.1. The minimum absolute atomic E-state index is 0.00714. The molecule has 1 fully saturated rings. The number of ether oxygens (including phenoxy) is 2. The maximum Gasteiger partial charge on any atom is 0.409 e. The predicted octanol–water partition coefficient (Wildman–Crippen LogP) is 2.33. The lowest BCUT2D eigenvalue weighted by Crippen LogP contribution is -2.51. The van der Waals surface area contributed by atoms with Crippen molar-refractivity contribution in [3.63, 3.8) is 0 Å². The summed E-state index contributed by atoms with van der Waals surface area (Å²) < 4.78 is 23.5. The molecule has 10 nitrogen and oxygen atoms in total. The molecule has 0 spiro atoms. The van der Waals surface area contributed by atoms with Crippen molar-refractivity contribution in [1.82, 2.24) is 16.0 Å². The van der Waals surface area contributed by atoms with Gasteiger partial charge in [0.1, 0.15) is 6.61 Å². The van der Waals surface area contributed by atoms with E-state index in [1.165, 1.54) is 6.92 Å². The Bertz CT molecular complexity index is 823. The summed E-state index contributed by atoms with van der Waals surface area (Å²) in [5, 5.41) is 17.3. The van der Waals surface area contributed by atoms with Crippen molar-refractivity contribution >= 4 is 24.1 Å². The summed E-state index contributed by atoms with van der Waals surface area (Å²) in [4.78, 5) is 47.8. The van der Waals surface area contributed by atoms with Gasteiger partial charge in [-0.25, -0.2) is 14.0 Å².